The van der Waals surface area contributed by atoms with Gasteiger partial charge in [0, 0.05) is 12.1 Å². The Morgan fingerprint density at radius 3 is 2.45 bits per heavy atom. The van der Waals surface area contributed by atoms with Gasteiger partial charge in [-0.15, -0.1) is 0 Å². The van der Waals surface area contributed by atoms with Crippen molar-refractivity contribution < 1.29 is 23.9 Å². The molecule has 29 heavy (non-hydrogen) atoms. The van der Waals surface area contributed by atoms with Gasteiger partial charge >= 0.3 is 5.97 Å². The highest BCUT2D eigenvalue weighted by Crippen LogP contribution is 2.30. The number of nitro benzene ring substituents is 1. The number of nitro groups is 1. The number of esters is 1. The molecule has 0 heterocycles. The Morgan fingerprint density at radius 2 is 1.90 bits per heavy atom. The summed E-state index contributed by atoms with van der Waals surface area (Å²) in [5, 5.41) is 19.9. The Balaban J connectivity index is 2.15. The van der Waals surface area contributed by atoms with Crippen LogP contribution in [0.3, 0.4) is 0 Å². The second-order valence-electron chi connectivity index (χ2n) is 6.25. The largest absolute Gasteiger partial charge is 0.493 e. The van der Waals surface area contributed by atoms with Crippen LogP contribution >= 0.6 is 0 Å². The number of hydrogen-bond donors (Lipinski definition) is 0. The molecule has 8 nitrogen and oxygen atoms in total. The van der Waals surface area contributed by atoms with Gasteiger partial charge in [0.05, 0.1) is 18.1 Å². The average molecular weight is 396 g/mol. The van der Waals surface area contributed by atoms with Crippen molar-refractivity contribution in [3.63, 3.8) is 0 Å². The summed E-state index contributed by atoms with van der Waals surface area (Å²) in [5.41, 5.74) is 1.21. The van der Waals surface area contributed by atoms with Crippen molar-refractivity contribution in [2.24, 2.45) is 0 Å². The highest BCUT2D eigenvalue weighted by Gasteiger charge is 2.13. The lowest BCUT2D eigenvalue weighted by molar-refractivity contribution is -0.384. The third-order valence-corrected chi connectivity index (χ3v) is 3.72. The van der Waals surface area contributed by atoms with E-state index in [0.29, 0.717) is 17.1 Å². The first kappa shape index (κ1) is 21.4. The van der Waals surface area contributed by atoms with E-state index in [0.717, 1.165) is 5.56 Å². The summed E-state index contributed by atoms with van der Waals surface area (Å²) in [4.78, 5) is 22.2. The molecule has 2 aromatic rings. The lowest BCUT2D eigenvalue weighted by atomic mass is 10.1. The maximum atomic E-state index is 11.9. The fourth-order valence-corrected chi connectivity index (χ4v) is 2.35. The third-order valence-electron chi connectivity index (χ3n) is 3.72. The third kappa shape index (κ3) is 6.07. The van der Waals surface area contributed by atoms with Crippen LogP contribution in [-0.4, -0.2) is 24.1 Å². The van der Waals surface area contributed by atoms with Gasteiger partial charge in [-0.2, -0.15) is 5.26 Å². The summed E-state index contributed by atoms with van der Waals surface area (Å²) in [6, 6.07) is 12.8. The lowest BCUT2D eigenvalue weighted by Gasteiger charge is -2.12. The van der Waals surface area contributed by atoms with Crippen molar-refractivity contribution in [3.8, 4) is 17.6 Å². The zero-order valence-electron chi connectivity index (χ0n) is 16.2. The number of nitriles is 1. The van der Waals surface area contributed by atoms with Crippen molar-refractivity contribution in [1.29, 1.82) is 5.26 Å². The predicted molar refractivity (Wildman–Crippen MR) is 105 cm³/mol. The molecule has 8 heteroatoms. The minimum absolute atomic E-state index is 0.00626. The van der Waals surface area contributed by atoms with Gasteiger partial charge in [0.2, 0.25) is 0 Å². The molecule has 0 aliphatic carbocycles. The molecule has 0 saturated carbocycles. The van der Waals surface area contributed by atoms with Crippen LogP contribution in [0.5, 0.6) is 11.5 Å². The maximum absolute atomic E-state index is 11.9. The predicted octanol–water partition coefficient (Wildman–Crippen LogP) is 4.04. The highest BCUT2D eigenvalue weighted by atomic mass is 16.6. The van der Waals surface area contributed by atoms with E-state index in [9.17, 15) is 20.2 Å². The van der Waals surface area contributed by atoms with E-state index < -0.39 is 10.9 Å². The van der Waals surface area contributed by atoms with Gasteiger partial charge in [-0.05, 0) is 55.3 Å². The second kappa shape index (κ2) is 9.90. The molecule has 0 unspecified atom stereocenters. The topological polar surface area (TPSA) is 112 Å². The van der Waals surface area contributed by atoms with Crippen LogP contribution in [0.15, 0.2) is 48.0 Å². The molecular weight excluding hydrogens is 376 g/mol. The van der Waals surface area contributed by atoms with Crippen LogP contribution in [0.4, 0.5) is 5.69 Å². The van der Waals surface area contributed by atoms with Crippen molar-refractivity contribution in [2.75, 3.05) is 7.11 Å². The van der Waals surface area contributed by atoms with Gasteiger partial charge in [-0.1, -0.05) is 6.07 Å². The molecule has 0 N–H and O–H groups in total. The fraction of sp³-hybridized carbons (Fsp3) is 0.238. The molecular formula is C21H20N2O6. The molecule has 0 aromatic heterocycles. The Hall–Kier alpha value is -3.86. The van der Waals surface area contributed by atoms with Gasteiger partial charge in [0.15, 0.2) is 11.5 Å². The van der Waals surface area contributed by atoms with Crippen LogP contribution < -0.4 is 9.47 Å². The van der Waals surface area contributed by atoms with Gasteiger partial charge in [0.25, 0.3) is 5.69 Å². The zero-order chi connectivity index (χ0) is 21.4. The van der Waals surface area contributed by atoms with Crippen LogP contribution in [-0.2, 0) is 16.1 Å². The molecule has 0 aliphatic heterocycles. The molecule has 2 rings (SSSR count). The number of ether oxygens (including phenoxy) is 3. The van der Waals surface area contributed by atoms with Gasteiger partial charge < -0.3 is 14.2 Å². The van der Waals surface area contributed by atoms with E-state index in [-0.39, 0.29) is 24.0 Å². The number of rotatable bonds is 8. The quantitative estimate of drug-likeness (QED) is 0.218. The van der Waals surface area contributed by atoms with Gasteiger partial charge in [-0.25, -0.2) is 4.79 Å². The SMILES string of the molecule is COc1cc(/C=C(\C#N)C(=O)OC(C)C)ccc1OCc1ccc([N+](=O)[O-])cc1. The minimum Gasteiger partial charge on any atom is -0.493 e. The van der Waals surface area contributed by atoms with Crippen molar-refractivity contribution >= 4 is 17.7 Å². The number of non-ortho nitro benzene ring substituents is 1. The van der Waals surface area contributed by atoms with Crippen LogP contribution in [0.2, 0.25) is 0 Å². The zero-order valence-corrected chi connectivity index (χ0v) is 16.2. The average Bonchev–Trinajstić information content (AvgIpc) is 2.70. The smallest absolute Gasteiger partial charge is 0.349 e. The summed E-state index contributed by atoms with van der Waals surface area (Å²) < 4.78 is 16.1. The number of benzene rings is 2. The molecule has 0 radical (unpaired) electrons. The maximum Gasteiger partial charge on any atom is 0.349 e. The number of carbonyl (C=O) groups is 1. The summed E-state index contributed by atoms with van der Waals surface area (Å²) in [6.45, 7) is 3.59. The molecule has 0 saturated heterocycles. The monoisotopic (exact) mass is 396 g/mol. The van der Waals surface area contributed by atoms with Crippen LogP contribution in [0.25, 0.3) is 6.08 Å². The Labute approximate surface area is 168 Å². The summed E-state index contributed by atoms with van der Waals surface area (Å²) in [5.74, 6) is 0.168. The Kier molecular flexibility index (Phi) is 7.32. The molecule has 0 atom stereocenters. The molecule has 0 spiro atoms. The van der Waals surface area contributed by atoms with E-state index in [4.69, 9.17) is 14.2 Å². The standard InChI is InChI=1S/C21H20N2O6/c1-14(2)29-21(24)17(12-22)10-16-6-9-19(20(11-16)27-3)28-13-15-4-7-18(8-5-15)23(25)26/h4-11,14H,13H2,1-3H3/b17-10+. The molecule has 0 amide bonds. The summed E-state index contributed by atoms with van der Waals surface area (Å²) in [6.07, 6.45) is 1.08. The molecule has 0 fully saturated rings. The normalized spacial score (nSPS) is 10.9. The van der Waals surface area contributed by atoms with Crippen molar-refractivity contribution in [2.45, 2.75) is 26.6 Å². The minimum atomic E-state index is -0.694. The first-order valence-electron chi connectivity index (χ1n) is 8.71. The molecule has 150 valence electrons. The van der Waals surface area contributed by atoms with E-state index in [2.05, 4.69) is 0 Å². The van der Waals surface area contributed by atoms with E-state index in [1.165, 1.54) is 25.3 Å². The number of hydrogen-bond acceptors (Lipinski definition) is 7. The van der Waals surface area contributed by atoms with E-state index in [1.54, 1.807) is 44.2 Å². The first-order valence-corrected chi connectivity index (χ1v) is 8.71. The van der Waals surface area contributed by atoms with Gasteiger partial charge in [0.1, 0.15) is 18.2 Å². The highest BCUT2D eigenvalue weighted by molar-refractivity contribution is 5.98. The Bertz CT molecular complexity index is 958. The van der Waals surface area contributed by atoms with Crippen molar-refractivity contribution in [3.05, 3.63) is 69.3 Å². The van der Waals surface area contributed by atoms with Crippen LogP contribution in [0, 0.1) is 21.4 Å². The lowest BCUT2D eigenvalue weighted by Crippen LogP contribution is -2.12. The fourth-order valence-electron chi connectivity index (χ4n) is 2.35. The first-order chi connectivity index (χ1) is 13.8. The number of methoxy groups -OCH3 is 1. The Morgan fingerprint density at radius 1 is 1.21 bits per heavy atom. The van der Waals surface area contributed by atoms with E-state index >= 15 is 0 Å². The number of nitrogens with zero attached hydrogens (tertiary/aromatic N) is 2. The summed E-state index contributed by atoms with van der Waals surface area (Å²) in [7, 11) is 1.47. The van der Waals surface area contributed by atoms with Gasteiger partial charge in [-0.3, -0.25) is 10.1 Å². The van der Waals surface area contributed by atoms with E-state index in [1.807, 2.05) is 6.07 Å². The second-order valence-corrected chi connectivity index (χ2v) is 6.25. The van der Waals surface area contributed by atoms with Crippen LogP contribution in [0.1, 0.15) is 25.0 Å². The number of carbonyl (C=O) groups excluding carboxylic acids is 1. The summed E-state index contributed by atoms with van der Waals surface area (Å²) >= 11 is 0. The molecule has 0 bridgehead atoms. The molecule has 0 aliphatic rings. The molecule has 2 aromatic carbocycles. The van der Waals surface area contributed by atoms with Crippen molar-refractivity contribution in [1.82, 2.24) is 0 Å².